The molecule has 0 fully saturated rings. The second-order valence-corrected chi connectivity index (χ2v) is 5.75. The van der Waals surface area contributed by atoms with Gasteiger partial charge in [-0.3, -0.25) is 0 Å². The van der Waals surface area contributed by atoms with Crippen LogP contribution in [-0.4, -0.2) is 21.8 Å². The van der Waals surface area contributed by atoms with Gasteiger partial charge in [0.1, 0.15) is 5.75 Å². The van der Waals surface area contributed by atoms with Crippen LogP contribution in [0.3, 0.4) is 0 Å². The molecule has 0 aromatic heterocycles. The van der Waals surface area contributed by atoms with Crippen molar-refractivity contribution in [2.24, 2.45) is 0 Å². The maximum Gasteiger partial charge on any atom is 0.209 e. The lowest BCUT2D eigenvalue weighted by molar-refractivity contribution is 0.409. The molecule has 90 valence electrons. The molecular weight excluding hydrogens is 250 g/mol. The van der Waals surface area contributed by atoms with Gasteiger partial charge in [-0.1, -0.05) is 11.6 Å². The van der Waals surface area contributed by atoms with E-state index in [1.54, 1.807) is 12.1 Å². The molecule has 0 spiro atoms. The van der Waals surface area contributed by atoms with Crippen molar-refractivity contribution >= 4 is 21.6 Å². The zero-order valence-corrected chi connectivity index (χ0v) is 10.9. The van der Waals surface area contributed by atoms with E-state index in [2.05, 4.69) is 4.72 Å². The summed E-state index contributed by atoms with van der Waals surface area (Å²) in [5.41, 5.74) is 1.60. The number of aryl methyl sites for hydroxylation is 1. The highest BCUT2D eigenvalue weighted by molar-refractivity contribution is 7.88. The molecule has 0 heterocycles. The summed E-state index contributed by atoms with van der Waals surface area (Å²) in [5.74, 6) is 0.623. The van der Waals surface area contributed by atoms with Crippen LogP contribution >= 0.6 is 11.6 Å². The number of halogens is 1. The molecule has 0 unspecified atom stereocenters. The molecule has 6 heteroatoms. The van der Waals surface area contributed by atoms with Gasteiger partial charge < -0.3 is 4.74 Å². The molecule has 0 radical (unpaired) electrons. The van der Waals surface area contributed by atoms with Crippen LogP contribution in [0.15, 0.2) is 12.1 Å². The molecular formula is C10H14ClNO3S. The number of benzene rings is 1. The molecule has 0 aliphatic rings. The Labute approximate surface area is 101 Å². The molecule has 16 heavy (non-hydrogen) atoms. The SMILES string of the molecule is COc1cc(C)c(Cl)cc1CNS(C)(=O)=O. The van der Waals surface area contributed by atoms with Crippen LogP contribution < -0.4 is 9.46 Å². The topological polar surface area (TPSA) is 55.4 Å². The Hall–Kier alpha value is -0.780. The van der Waals surface area contributed by atoms with Crippen LogP contribution in [0.5, 0.6) is 5.75 Å². The van der Waals surface area contributed by atoms with E-state index in [4.69, 9.17) is 16.3 Å². The first kappa shape index (κ1) is 13.3. The zero-order valence-electron chi connectivity index (χ0n) is 9.37. The second kappa shape index (κ2) is 5.03. The summed E-state index contributed by atoms with van der Waals surface area (Å²) < 4.78 is 29.5. The summed E-state index contributed by atoms with van der Waals surface area (Å²) in [5, 5.41) is 0.589. The Morgan fingerprint density at radius 1 is 1.44 bits per heavy atom. The van der Waals surface area contributed by atoms with Gasteiger partial charge in [-0.2, -0.15) is 0 Å². The van der Waals surface area contributed by atoms with Gasteiger partial charge in [-0.15, -0.1) is 0 Å². The van der Waals surface area contributed by atoms with E-state index < -0.39 is 10.0 Å². The quantitative estimate of drug-likeness (QED) is 0.900. The van der Waals surface area contributed by atoms with Crippen molar-refractivity contribution < 1.29 is 13.2 Å². The van der Waals surface area contributed by atoms with E-state index in [9.17, 15) is 8.42 Å². The van der Waals surface area contributed by atoms with Gasteiger partial charge in [0.25, 0.3) is 0 Å². The molecule has 0 aliphatic carbocycles. The van der Waals surface area contributed by atoms with Crippen molar-refractivity contribution in [1.82, 2.24) is 4.72 Å². The van der Waals surface area contributed by atoms with E-state index >= 15 is 0 Å². The zero-order chi connectivity index (χ0) is 12.3. The molecule has 1 rings (SSSR count). The van der Waals surface area contributed by atoms with Gasteiger partial charge in [0.05, 0.1) is 13.4 Å². The number of hydrogen-bond donors (Lipinski definition) is 1. The number of ether oxygens (including phenoxy) is 1. The van der Waals surface area contributed by atoms with E-state index in [0.717, 1.165) is 11.8 Å². The predicted octanol–water partition coefficient (Wildman–Crippen LogP) is 1.71. The molecule has 1 aromatic carbocycles. The molecule has 1 aromatic rings. The van der Waals surface area contributed by atoms with Crippen LogP contribution in [-0.2, 0) is 16.6 Å². The summed E-state index contributed by atoms with van der Waals surface area (Å²) in [6, 6.07) is 3.48. The molecule has 0 bridgehead atoms. The van der Waals surface area contributed by atoms with Crippen molar-refractivity contribution in [3.63, 3.8) is 0 Å². The lowest BCUT2D eigenvalue weighted by atomic mass is 10.1. The van der Waals surface area contributed by atoms with Crippen molar-refractivity contribution in [3.05, 3.63) is 28.3 Å². The molecule has 4 nitrogen and oxygen atoms in total. The summed E-state index contributed by atoms with van der Waals surface area (Å²) in [7, 11) is -1.68. The van der Waals surface area contributed by atoms with Crippen LogP contribution in [0.1, 0.15) is 11.1 Å². The molecule has 1 N–H and O–H groups in total. The van der Waals surface area contributed by atoms with E-state index in [-0.39, 0.29) is 6.54 Å². The van der Waals surface area contributed by atoms with Gasteiger partial charge in [-0.25, -0.2) is 13.1 Å². The average molecular weight is 264 g/mol. The van der Waals surface area contributed by atoms with Crippen LogP contribution in [0, 0.1) is 6.92 Å². The minimum absolute atomic E-state index is 0.169. The molecule has 0 amide bonds. The minimum atomic E-state index is -3.22. The Balaban J connectivity index is 2.99. The minimum Gasteiger partial charge on any atom is -0.496 e. The lowest BCUT2D eigenvalue weighted by Gasteiger charge is -2.11. The first-order valence-electron chi connectivity index (χ1n) is 4.61. The third-order valence-electron chi connectivity index (χ3n) is 2.09. The molecule has 0 saturated heterocycles. The van der Waals surface area contributed by atoms with Crippen molar-refractivity contribution in [1.29, 1.82) is 0 Å². The number of rotatable bonds is 4. The van der Waals surface area contributed by atoms with Crippen molar-refractivity contribution in [2.45, 2.75) is 13.5 Å². The number of hydrogen-bond acceptors (Lipinski definition) is 3. The Bertz CT molecular complexity index is 485. The maximum absolute atomic E-state index is 11.0. The molecule has 0 aliphatic heterocycles. The van der Waals surface area contributed by atoms with Crippen molar-refractivity contribution in [3.8, 4) is 5.75 Å². The van der Waals surface area contributed by atoms with E-state index in [1.165, 1.54) is 7.11 Å². The fourth-order valence-electron chi connectivity index (χ4n) is 1.23. The Morgan fingerprint density at radius 2 is 2.06 bits per heavy atom. The van der Waals surface area contributed by atoms with Gasteiger partial charge >= 0.3 is 0 Å². The fraction of sp³-hybridized carbons (Fsp3) is 0.400. The lowest BCUT2D eigenvalue weighted by Crippen LogP contribution is -2.21. The molecule has 0 saturated carbocycles. The first-order chi connectivity index (χ1) is 7.33. The number of sulfonamides is 1. The highest BCUT2D eigenvalue weighted by Gasteiger charge is 2.09. The summed E-state index contributed by atoms with van der Waals surface area (Å²) >= 11 is 5.96. The van der Waals surface area contributed by atoms with Crippen LogP contribution in [0.25, 0.3) is 0 Å². The monoisotopic (exact) mass is 263 g/mol. The summed E-state index contributed by atoms with van der Waals surface area (Å²) in [4.78, 5) is 0. The second-order valence-electron chi connectivity index (χ2n) is 3.51. The average Bonchev–Trinajstić information content (AvgIpc) is 2.18. The largest absolute Gasteiger partial charge is 0.496 e. The highest BCUT2D eigenvalue weighted by atomic mass is 35.5. The van der Waals surface area contributed by atoms with Crippen LogP contribution in [0.2, 0.25) is 5.02 Å². The third-order valence-corrected chi connectivity index (χ3v) is 3.16. The highest BCUT2D eigenvalue weighted by Crippen LogP contribution is 2.26. The van der Waals surface area contributed by atoms with Gasteiger partial charge in [0.2, 0.25) is 10.0 Å². The maximum atomic E-state index is 11.0. The number of methoxy groups -OCH3 is 1. The first-order valence-corrected chi connectivity index (χ1v) is 6.88. The van der Waals surface area contributed by atoms with Gasteiger partial charge in [0, 0.05) is 17.1 Å². The van der Waals surface area contributed by atoms with Crippen LogP contribution in [0.4, 0.5) is 0 Å². The predicted molar refractivity (Wildman–Crippen MR) is 64.4 cm³/mol. The molecule has 0 atom stereocenters. The van der Waals surface area contributed by atoms with E-state index in [1.807, 2.05) is 6.92 Å². The van der Waals surface area contributed by atoms with Crippen molar-refractivity contribution in [2.75, 3.05) is 13.4 Å². The van der Waals surface area contributed by atoms with Gasteiger partial charge in [-0.05, 0) is 24.6 Å². The summed E-state index contributed by atoms with van der Waals surface area (Å²) in [6.45, 7) is 2.03. The number of nitrogens with one attached hydrogen (secondary N) is 1. The fourth-order valence-corrected chi connectivity index (χ4v) is 1.84. The third kappa shape index (κ3) is 3.66. The normalized spacial score (nSPS) is 11.5. The Kier molecular flexibility index (Phi) is 4.18. The summed E-state index contributed by atoms with van der Waals surface area (Å²) in [6.07, 6.45) is 1.11. The van der Waals surface area contributed by atoms with E-state index in [0.29, 0.717) is 16.3 Å². The smallest absolute Gasteiger partial charge is 0.209 e. The Morgan fingerprint density at radius 3 is 2.56 bits per heavy atom. The standard InChI is InChI=1S/C10H14ClNO3S/c1-7-4-10(15-2)8(5-9(7)11)6-12-16(3,13)14/h4-5,12H,6H2,1-3H3. The van der Waals surface area contributed by atoms with Gasteiger partial charge in [0.15, 0.2) is 0 Å².